The zero-order chi connectivity index (χ0) is 20.8. The van der Waals surface area contributed by atoms with Gasteiger partial charge in [-0.15, -0.1) is 0 Å². The van der Waals surface area contributed by atoms with E-state index in [9.17, 15) is 14.4 Å². The van der Waals surface area contributed by atoms with E-state index >= 15 is 0 Å². The summed E-state index contributed by atoms with van der Waals surface area (Å²) in [5.74, 6) is -0.190. The first kappa shape index (κ1) is 20.4. The molecule has 0 saturated carbocycles. The molecule has 1 heterocycles. The first-order valence-electron chi connectivity index (χ1n) is 9.57. The van der Waals surface area contributed by atoms with Crippen LogP contribution in [-0.4, -0.2) is 35.8 Å². The smallest absolute Gasteiger partial charge is 0.302 e. The fourth-order valence-electron chi connectivity index (χ4n) is 3.21. The van der Waals surface area contributed by atoms with Crippen molar-refractivity contribution >= 4 is 23.5 Å². The van der Waals surface area contributed by atoms with Gasteiger partial charge in [-0.05, 0) is 49.6 Å². The van der Waals surface area contributed by atoms with Gasteiger partial charge < -0.3 is 15.2 Å². The van der Waals surface area contributed by atoms with Crippen molar-refractivity contribution in [3.63, 3.8) is 0 Å². The van der Waals surface area contributed by atoms with Crippen LogP contribution in [-0.2, 0) is 16.1 Å². The molecule has 7 nitrogen and oxygen atoms in total. The van der Waals surface area contributed by atoms with E-state index in [1.54, 1.807) is 42.5 Å². The Labute approximate surface area is 169 Å². The summed E-state index contributed by atoms with van der Waals surface area (Å²) in [7, 11) is 0. The van der Waals surface area contributed by atoms with Gasteiger partial charge in [-0.25, -0.2) is 0 Å². The minimum atomic E-state index is -0.369. The Morgan fingerprint density at radius 3 is 2.34 bits per heavy atom. The summed E-state index contributed by atoms with van der Waals surface area (Å²) in [5.41, 5.74) is 8.02. The summed E-state index contributed by atoms with van der Waals surface area (Å²) >= 11 is 0. The predicted octanol–water partition coefficient (Wildman–Crippen LogP) is 3.18. The Morgan fingerprint density at radius 1 is 1.00 bits per heavy atom. The van der Waals surface area contributed by atoms with Gasteiger partial charge >= 0.3 is 5.97 Å². The number of anilines is 1. The molecule has 1 aliphatic rings. The van der Waals surface area contributed by atoms with Crippen molar-refractivity contribution in [2.45, 2.75) is 32.8 Å². The van der Waals surface area contributed by atoms with Crippen LogP contribution in [0, 0.1) is 0 Å². The molecule has 0 bridgehead atoms. The fourth-order valence-corrected chi connectivity index (χ4v) is 3.21. The summed E-state index contributed by atoms with van der Waals surface area (Å²) in [6.45, 7) is 2.32. The third-order valence-electron chi connectivity index (χ3n) is 4.68. The molecule has 2 aromatic carbocycles. The van der Waals surface area contributed by atoms with Crippen LogP contribution in [0.4, 0.5) is 5.69 Å². The zero-order valence-electron chi connectivity index (χ0n) is 16.3. The first-order valence-corrected chi connectivity index (χ1v) is 9.57. The summed E-state index contributed by atoms with van der Waals surface area (Å²) in [6, 6.07) is 12.1. The summed E-state index contributed by atoms with van der Waals surface area (Å²) in [6.07, 6.45) is 2.28. The lowest BCUT2D eigenvalue weighted by molar-refractivity contribution is -0.142. The molecule has 0 aliphatic carbocycles. The highest BCUT2D eigenvalue weighted by atomic mass is 16.5. The van der Waals surface area contributed by atoms with Crippen molar-refractivity contribution in [3.8, 4) is 5.75 Å². The Kier molecular flexibility index (Phi) is 6.49. The van der Waals surface area contributed by atoms with Gasteiger partial charge in [0.15, 0.2) is 0 Å². The molecule has 2 aromatic rings. The number of nitrogens with two attached hydrogens (primary N) is 1. The molecule has 7 heteroatoms. The number of imide groups is 1. The summed E-state index contributed by atoms with van der Waals surface area (Å²) in [5, 5.41) is 0. The number of fused-ring (bicyclic) bond motifs is 1. The standard InChI is InChI=1S/C22H24N2O5/c1-15(25)29-14-16-13-17(23)9-10-20(16)28-12-6-2-5-11-24-21(26)18-7-3-4-8-19(18)22(24)27/h3-4,7-10,13H,2,5-6,11-12,14,23H2,1H3. The van der Waals surface area contributed by atoms with E-state index in [2.05, 4.69) is 0 Å². The minimum Gasteiger partial charge on any atom is -0.493 e. The third-order valence-corrected chi connectivity index (χ3v) is 4.68. The summed E-state index contributed by atoms with van der Waals surface area (Å²) < 4.78 is 10.8. The zero-order valence-corrected chi connectivity index (χ0v) is 16.3. The van der Waals surface area contributed by atoms with Crippen molar-refractivity contribution in [2.24, 2.45) is 0 Å². The number of nitrogens with zero attached hydrogens (tertiary/aromatic N) is 1. The molecule has 152 valence electrons. The average Bonchev–Trinajstić information content (AvgIpc) is 2.95. The van der Waals surface area contributed by atoms with E-state index in [1.807, 2.05) is 0 Å². The SMILES string of the molecule is CC(=O)OCc1cc(N)ccc1OCCCCCN1C(=O)c2ccccc2C1=O. The van der Waals surface area contributed by atoms with Crippen molar-refractivity contribution in [1.82, 2.24) is 4.90 Å². The Balaban J connectivity index is 1.43. The van der Waals surface area contributed by atoms with Crippen molar-refractivity contribution in [3.05, 3.63) is 59.2 Å². The molecule has 2 N–H and O–H groups in total. The molecule has 0 atom stereocenters. The molecule has 2 amide bonds. The molecule has 0 spiro atoms. The van der Waals surface area contributed by atoms with Crippen LogP contribution in [0.25, 0.3) is 0 Å². The van der Waals surface area contributed by atoms with Gasteiger partial charge in [0.1, 0.15) is 12.4 Å². The maximum atomic E-state index is 12.3. The second kappa shape index (κ2) is 9.23. The van der Waals surface area contributed by atoms with Crippen LogP contribution in [0.3, 0.4) is 0 Å². The number of carbonyl (C=O) groups excluding carboxylic acids is 3. The van der Waals surface area contributed by atoms with Crippen LogP contribution in [0.2, 0.25) is 0 Å². The lowest BCUT2D eigenvalue weighted by Gasteiger charge is -2.14. The van der Waals surface area contributed by atoms with Crippen molar-refractivity contribution in [1.29, 1.82) is 0 Å². The number of hydrogen-bond acceptors (Lipinski definition) is 6. The van der Waals surface area contributed by atoms with Crippen molar-refractivity contribution < 1.29 is 23.9 Å². The highest BCUT2D eigenvalue weighted by Gasteiger charge is 2.34. The van der Waals surface area contributed by atoms with Crippen LogP contribution in [0.15, 0.2) is 42.5 Å². The minimum absolute atomic E-state index is 0.107. The van der Waals surface area contributed by atoms with E-state index in [1.165, 1.54) is 11.8 Å². The van der Waals surface area contributed by atoms with E-state index in [4.69, 9.17) is 15.2 Å². The maximum Gasteiger partial charge on any atom is 0.302 e. The Hall–Kier alpha value is -3.35. The quantitative estimate of drug-likeness (QED) is 0.302. The van der Waals surface area contributed by atoms with E-state index in [0.717, 1.165) is 12.8 Å². The normalized spacial score (nSPS) is 12.8. The number of esters is 1. The van der Waals surface area contributed by atoms with Crippen LogP contribution in [0.5, 0.6) is 5.75 Å². The highest BCUT2D eigenvalue weighted by Crippen LogP contribution is 2.24. The lowest BCUT2D eigenvalue weighted by atomic mass is 10.1. The fraction of sp³-hybridized carbons (Fsp3) is 0.318. The first-order chi connectivity index (χ1) is 14.0. The molecule has 0 aromatic heterocycles. The molecular weight excluding hydrogens is 372 g/mol. The van der Waals surface area contributed by atoms with Crippen LogP contribution >= 0.6 is 0 Å². The molecule has 0 saturated heterocycles. The van der Waals surface area contributed by atoms with Crippen LogP contribution in [0.1, 0.15) is 52.5 Å². The Morgan fingerprint density at radius 2 is 1.69 bits per heavy atom. The van der Waals surface area contributed by atoms with Gasteiger partial charge in [0, 0.05) is 24.7 Å². The number of benzene rings is 2. The van der Waals surface area contributed by atoms with Crippen molar-refractivity contribution in [2.75, 3.05) is 18.9 Å². The van der Waals surface area contributed by atoms with E-state index in [0.29, 0.717) is 47.7 Å². The van der Waals surface area contributed by atoms with Gasteiger partial charge in [-0.3, -0.25) is 19.3 Å². The average molecular weight is 396 g/mol. The molecule has 3 rings (SSSR count). The number of carbonyl (C=O) groups is 3. The molecule has 1 aliphatic heterocycles. The molecule has 0 fully saturated rings. The number of unbranched alkanes of at least 4 members (excludes halogenated alkanes) is 2. The number of ether oxygens (including phenoxy) is 2. The van der Waals surface area contributed by atoms with Gasteiger partial charge in [0.2, 0.25) is 0 Å². The monoisotopic (exact) mass is 396 g/mol. The number of rotatable bonds is 9. The van der Waals surface area contributed by atoms with Gasteiger partial charge in [0.25, 0.3) is 11.8 Å². The van der Waals surface area contributed by atoms with Gasteiger partial charge in [-0.1, -0.05) is 12.1 Å². The maximum absolute atomic E-state index is 12.3. The van der Waals surface area contributed by atoms with Gasteiger partial charge in [-0.2, -0.15) is 0 Å². The van der Waals surface area contributed by atoms with E-state index < -0.39 is 0 Å². The Bertz CT molecular complexity index is 890. The molecule has 0 radical (unpaired) electrons. The largest absolute Gasteiger partial charge is 0.493 e. The summed E-state index contributed by atoms with van der Waals surface area (Å²) in [4.78, 5) is 37.0. The van der Waals surface area contributed by atoms with Gasteiger partial charge in [0.05, 0.1) is 17.7 Å². The number of hydrogen-bond donors (Lipinski definition) is 1. The second-order valence-electron chi connectivity index (χ2n) is 6.86. The molecular formula is C22H24N2O5. The molecule has 29 heavy (non-hydrogen) atoms. The van der Waals surface area contributed by atoms with Crippen LogP contribution < -0.4 is 10.5 Å². The topological polar surface area (TPSA) is 98.9 Å². The number of amides is 2. The lowest BCUT2D eigenvalue weighted by Crippen LogP contribution is -2.30. The predicted molar refractivity (Wildman–Crippen MR) is 107 cm³/mol. The number of nitrogen functional groups attached to an aromatic ring is 1. The third kappa shape index (κ3) is 4.93. The second-order valence-corrected chi connectivity index (χ2v) is 6.86. The van der Waals surface area contributed by atoms with E-state index in [-0.39, 0.29) is 24.4 Å². The highest BCUT2D eigenvalue weighted by molar-refractivity contribution is 6.21. The molecule has 0 unspecified atom stereocenters.